The molecule has 0 aromatic heterocycles. The quantitative estimate of drug-likeness (QED) is 0.569. The molecule has 0 radical (unpaired) electrons. The molecule has 1 amide bonds. The van der Waals surface area contributed by atoms with E-state index in [0.717, 1.165) is 6.42 Å². The van der Waals surface area contributed by atoms with Crippen molar-refractivity contribution in [2.75, 3.05) is 6.54 Å². The zero-order valence-electron chi connectivity index (χ0n) is 18.1. The largest absolute Gasteiger partial charge is 0.481 e. The molecule has 164 valence electrons. The summed E-state index contributed by atoms with van der Waals surface area (Å²) in [5, 5.41) is 2.81. The number of rotatable bonds is 11. The summed E-state index contributed by atoms with van der Waals surface area (Å²) >= 11 is 0. The summed E-state index contributed by atoms with van der Waals surface area (Å²) in [6, 6.07) is 15.9. The van der Waals surface area contributed by atoms with Crippen molar-refractivity contribution in [2.45, 2.75) is 57.6 Å². The fourth-order valence-electron chi connectivity index (χ4n) is 2.82. The van der Waals surface area contributed by atoms with Crippen LogP contribution in [-0.4, -0.2) is 33.0 Å². The molecule has 6 nitrogen and oxygen atoms in total. The number of sulfonamides is 1. The molecule has 2 atom stereocenters. The normalized spacial score (nSPS) is 13.6. The number of carbonyl (C=O) groups excluding carboxylic acids is 1. The average Bonchev–Trinajstić information content (AvgIpc) is 2.71. The molecule has 0 aliphatic heterocycles. The lowest BCUT2D eigenvalue weighted by molar-refractivity contribution is -0.127. The van der Waals surface area contributed by atoms with E-state index in [1.54, 1.807) is 19.1 Å². The first-order chi connectivity index (χ1) is 14.2. The first kappa shape index (κ1) is 23.9. The van der Waals surface area contributed by atoms with Gasteiger partial charge in [-0.2, -0.15) is 0 Å². The first-order valence-electron chi connectivity index (χ1n) is 10.3. The van der Waals surface area contributed by atoms with Crippen molar-refractivity contribution in [3.05, 3.63) is 60.2 Å². The predicted octanol–water partition coefficient (Wildman–Crippen LogP) is 3.53. The zero-order valence-corrected chi connectivity index (χ0v) is 18.9. The highest BCUT2D eigenvalue weighted by Gasteiger charge is 2.19. The first-order valence-corrected chi connectivity index (χ1v) is 11.8. The van der Waals surface area contributed by atoms with Crippen molar-refractivity contribution in [1.82, 2.24) is 10.0 Å². The van der Waals surface area contributed by atoms with Crippen LogP contribution in [0.4, 0.5) is 0 Å². The minimum atomic E-state index is -3.63. The lowest BCUT2D eigenvalue weighted by Crippen LogP contribution is -2.38. The van der Waals surface area contributed by atoms with Gasteiger partial charge in [0, 0.05) is 12.6 Å². The lowest BCUT2D eigenvalue weighted by Gasteiger charge is -2.17. The average molecular weight is 433 g/mol. The van der Waals surface area contributed by atoms with Crippen LogP contribution in [0.25, 0.3) is 0 Å². The zero-order chi connectivity index (χ0) is 22.1. The summed E-state index contributed by atoms with van der Waals surface area (Å²) in [7, 11) is -3.63. The van der Waals surface area contributed by atoms with Crippen LogP contribution < -0.4 is 14.8 Å². The highest BCUT2D eigenvalue weighted by Crippen LogP contribution is 2.18. The molecule has 0 bridgehead atoms. The third-order valence-electron chi connectivity index (χ3n) is 4.57. The van der Waals surface area contributed by atoms with Crippen LogP contribution in [0.15, 0.2) is 59.5 Å². The summed E-state index contributed by atoms with van der Waals surface area (Å²) in [5.41, 5.74) is 1.18. The van der Waals surface area contributed by atoms with Gasteiger partial charge in [-0.1, -0.05) is 44.2 Å². The van der Waals surface area contributed by atoms with Crippen LogP contribution in [-0.2, 0) is 21.2 Å². The van der Waals surface area contributed by atoms with Crippen LogP contribution in [0, 0.1) is 5.92 Å². The van der Waals surface area contributed by atoms with Crippen molar-refractivity contribution in [3.8, 4) is 5.75 Å². The van der Waals surface area contributed by atoms with Gasteiger partial charge in [0.1, 0.15) is 5.75 Å². The molecule has 2 rings (SSSR count). The Morgan fingerprint density at radius 2 is 1.60 bits per heavy atom. The number of ether oxygens (including phenoxy) is 1. The van der Waals surface area contributed by atoms with Crippen molar-refractivity contribution >= 4 is 15.9 Å². The molecule has 30 heavy (non-hydrogen) atoms. The third kappa shape index (κ3) is 7.80. The van der Waals surface area contributed by atoms with E-state index in [0.29, 0.717) is 24.6 Å². The Morgan fingerprint density at radius 1 is 0.967 bits per heavy atom. The van der Waals surface area contributed by atoms with Gasteiger partial charge in [-0.25, -0.2) is 13.1 Å². The molecule has 2 aromatic rings. The van der Waals surface area contributed by atoms with Gasteiger partial charge in [-0.15, -0.1) is 0 Å². The summed E-state index contributed by atoms with van der Waals surface area (Å²) in [6.45, 7) is 8.13. The van der Waals surface area contributed by atoms with Gasteiger partial charge >= 0.3 is 0 Å². The lowest BCUT2D eigenvalue weighted by atomic mass is 10.1. The van der Waals surface area contributed by atoms with Crippen LogP contribution >= 0.6 is 0 Å². The van der Waals surface area contributed by atoms with E-state index in [2.05, 4.69) is 10.0 Å². The summed E-state index contributed by atoms with van der Waals surface area (Å²) in [6.07, 6.45) is 0.837. The van der Waals surface area contributed by atoms with E-state index >= 15 is 0 Å². The topological polar surface area (TPSA) is 84.5 Å². The fraction of sp³-hybridized carbons (Fsp3) is 0.435. The maximum atomic E-state index is 12.6. The summed E-state index contributed by atoms with van der Waals surface area (Å²) in [5.74, 6) is 0.598. The highest BCUT2D eigenvalue weighted by atomic mass is 32.2. The van der Waals surface area contributed by atoms with Gasteiger partial charge in [-0.3, -0.25) is 4.79 Å². The van der Waals surface area contributed by atoms with Crippen molar-refractivity contribution in [3.63, 3.8) is 0 Å². The van der Waals surface area contributed by atoms with Gasteiger partial charge in [0.2, 0.25) is 10.0 Å². The summed E-state index contributed by atoms with van der Waals surface area (Å²) < 4.78 is 33.6. The molecule has 0 spiro atoms. The minimum absolute atomic E-state index is 0.165. The predicted molar refractivity (Wildman–Crippen MR) is 119 cm³/mol. The SMILES string of the molecule is CC(C)CNC(=O)[C@@H](C)Oc1ccc(S(=O)(=O)N[C@@H](C)CCc2ccccc2)cc1. The van der Waals surface area contributed by atoms with Crippen molar-refractivity contribution < 1.29 is 17.9 Å². The standard InChI is InChI=1S/C23H32N2O4S/c1-17(2)16-24-23(26)19(4)29-21-12-14-22(15-13-21)30(27,28)25-18(3)10-11-20-8-6-5-7-9-20/h5-9,12-15,17-19,25H,10-11,16H2,1-4H3,(H,24,26)/t18-,19+/m0/s1. The second-order valence-corrected chi connectivity index (χ2v) is 9.63. The van der Waals surface area contributed by atoms with Gasteiger partial charge in [0.25, 0.3) is 5.91 Å². The maximum absolute atomic E-state index is 12.6. The molecule has 0 saturated carbocycles. The fourth-order valence-corrected chi connectivity index (χ4v) is 4.10. The van der Waals surface area contributed by atoms with Crippen molar-refractivity contribution in [2.24, 2.45) is 5.92 Å². The molecule has 0 unspecified atom stereocenters. The Bertz CT molecular complexity index is 897. The van der Waals surface area contributed by atoms with E-state index in [4.69, 9.17) is 4.74 Å². The van der Waals surface area contributed by atoms with Crippen LogP contribution in [0.5, 0.6) is 5.75 Å². The Morgan fingerprint density at radius 3 is 2.20 bits per heavy atom. The van der Waals surface area contributed by atoms with E-state index in [9.17, 15) is 13.2 Å². The number of amides is 1. The number of benzene rings is 2. The molecular formula is C23H32N2O4S. The Hall–Kier alpha value is -2.38. The Balaban J connectivity index is 1.89. The summed E-state index contributed by atoms with van der Waals surface area (Å²) in [4.78, 5) is 12.2. The number of nitrogens with one attached hydrogen (secondary N) is 2. The van der Waals surface area contributed by atoms with Crippen LogP contribution in [0.1, 0.15) is 39.7 Å². The molecule has 0 heterocycles. The number of aryl methyl sites for hydroxylation is 1. The Kier molecular flexibility index (Phi) is 8.87. The molecule has 0 aliphatic carbocycles. The van der Waals surface area contributed by atoms with Gasteiger partial charge < -0.3 is 10.1 Å². The van der Waals surface area contributed by atoms with Crippen LogP contribution in [0.2, 0.25) is 0 Å². The minimum Gasteiger partial charge on any atom is -0.481 e. The monoisotopic (exact) mass is 432 g/mol. The smallest absolute Gasteiger partial charge is 0.260 e. The maximum Gasteiger partial charge on any atom is 0.260 e. The molecular weight excluding hydrogens is 400 g/mol. The second-order valence-electron chi connectivity index (χ2n) is 7.92. The third-order valence-corrected chi connectivity index (χ3v) is 6.17. The molecule has 0 saturated heterocycles. The molecule has 2 N–H and O–H groups in total. The van der Waals surface area contributed by atoms with Gasteiger partial charge in [0.15, 0.2) is 6.10 Å². The van der Waals surface area contributed by atoms with Gasteiger partial charge in [-0.05, 0) is 62.4 Å². The number of carbonyl (C=O) groups is 1. The van der Waals surface area contributed by atoms with Crippen molar-refractivity contribution in [1.29, 1.82) is 0 Å². The molecule has 2 aromatic carbocycles. The van der Waals surface area contributed by atoms with E-state index in [1.165, 1.54) is 17.7 Å². The second kappa shape index (κ2) is 11.1. The molecule has 0 aliphatic rings. The van der Waals surface area contributed by atoms with E-state index in [1.807, 2.05) is 51.1 Å². The van der Waals surface area contributed by atoms with Gasteiger partial charge in [0.05, 0.1) is 4.90 Å². The molecule has 0 fully saturated rings. The van der Waals surface area contributed by atoms with E-state index < -0.39 is 16.1 Å². The van der Waals surface area contributed by atoms with E-state index in [-0.39, 0.29) is 16.8 Å². The number of hydrogen-bond acceptors (Lipinski definition) is 4. The number of hydrogen-bond donors (Lipinski definition) is 2. The highest BCUT2D eigenvalue weighted by molar-refractivity contribution is 7.89. The molecule has 7 heteroatoms. The van der Waals surface area contributed by atoms with Crippen LogP contribution in [0.3, 0.4) is 0 Å². The Labute approximate surface area is 180 Å².